The van der Waals surface area contributed by atoms with Crippen molar-refractivity contribution in [3.8, 4) is 5.75 Å². The topological polar surface area (TPSA) is 58.6 Å². The zero-order chi connectivity index (χ0) is 16.9. The minimum atomic E-state index is -0.412. The number of hydrogen-bond donors (Lipinski definition) is 2. The summed E-state index contributed by atoms with van der Waals surface area (Å²) in [5, 5.41) is 13.1. The Balaban J connectivity index is 1.96. The Morgan fingerprint density at radius 3 is 2.58 bits per heavy atom. The van der Waals surface area contributed by atoms with Gasteiger partial charge in [-0.1, -0.05) is 30.3 Å². The first kappa shape index (κ1) is 16.0. The summed E-state index contributed by atoms with van der Waals surface area (Å²) in [4.78, 5) is 12.6. The molecule has 0 heterocycles. The van der Waals surface area contributed by atoms with Crippen LogP contribution in [0.3, 0.4) is 0 Å². The number of carbonyl (C=O) groups excluding carboxylic acids is 1. The molecule has 0 spiro atoms. The van der Waals surface area contributed by atoms with Crippen LogP contribution in [0.2, 0.25) is 0 Å². The minimum absolute atomic E-state index is 0.0872. The van der Waals surface area contributed by atoms with Crippen molar-refractivity contribution < 1.29 is 19.0 Å². The lowest BCUT2D eigenvalue weighted by molar-refractivity contribution is 0.102. The first-order valence-electron chi connectivity index (χ1n) is 7.51. The van der Waals surface area contributed by atoms with Crippen molar-refractivity contribution in [2.24, 2.45) is 0 Å². The number of amides is 1. The Hall–Kier alpha value is -2.92. The number of anilines is 1. The maximum atomic E-state index is 13.3. The molecule has 0 unspecified atom stereocenters. The molecule has 3 rings (SSSR count). The number of rotatable bonds is 5. The Kier molecular flexibility index (Phi) is 4.72. The third-order valence-electron chi connectivity index (χ3n) is 3.56. The summed E-state index contributed by atoms with van der Waals surface area (Å²) in [6.45, 7) is 0.0922. The van der Waals surface area contributed by atoms with Crippen molar-refractivity contribution in [3.63, 3.8) is 0 Å². The van der Waals surface area contributed by atoms with E-state index in [1.54, 1.807) is 18.2 Å². The van der Waals surface area contributed by atoms with E-state index in [4.69, 9.17) is 9.84 Å². The average Bonchev–Trinajstić information content (AvgIpc) is 2.59. The van der Waals surface area contributed by atoms with Crippen LogP contribution in [0.25, 0.3) is 10.8 Å². The second-order valence-corrected chi connectivity index (χ2v) is 5.19. The van der Waals surface area contributed by atoms with Gasteiger partial charge in [-0.05, 0) is 35.7 Å². The highest BCUT2D eigenvalue weighted by molar-refractivity contribution is 6.13. The molecule has 5 heteroatoms. The number of aliphatic hydroxyl groups is 1. The van der Waals surface area contributed by atoms with Crippen LogP contribution in [-0.4, -0.2) is 24.2 Å². The van der Waals surface area contributed by atoms with Gasteiger partial charge in [-0.3, -0.25) is 4.79 Å². The van der Waals surface area contributed by atoms with Crippen LogP contribution < -0.4 is 10.1 Å². The van der Waals surface area contributed by atoms with Crippen molar-refractivity contribution in [3.05, 3.63) is 72.0 Å². The fourth-order valence-electron chi connectivity index (χ4n) is 2.52. The lowest BCUT2D eigenvalue weighted by atomic mass is 10.0. The zero-order valence-corrected chi connectivity index (χ0v) is 12.8. The minimum Gasteiger partial charge on any atom is -0.491 e. The standard InChI is InChI=1S/C19H16FNO3/c20-13-4-3-5-14(12-13)21-19(23)17-8-9-18(24-11-10-22)16-7-2-1-6-15(16)17/h1-9,12,22H,10-11H2,(H,21,23). The fraction of sp³-hybridized carbons (Fsp3) is 0.105. The van der Waals surface area contributed by atoms with Gasteiger partial charge in [-0.15, -0.1) is 0 Å². The van der Waals surface area contributed by atoms with Crippen molar-refractivity contribution in [1.29, 1.82) is 0 Å². The average molecular weight is 325 g/mol. The maximum Gasteiger partial charge on any atom is 0.256 e. The van der Waals surface area contributed by atoms with Gasteiger partial charge in [-0.2, -0.15) is 0 Å². The molecule has 0 bridgehead atoms. The predicted octanol–water partition coefficient (Wildman–Crippen LogP) is 3.60. The Labute approximate surface area is 138 Å². The number of hydrogen-bond acceptors (Lipinski definition) is 3. The van der Waals surface area contributed by atoms with Crippen molar-refractivity contribution >= 4 is 22.4 Å². The molecule has 3 aromatic rings. The molecule has 122 valence electrons. The molecule has 0 atom stereocenters. The van der Waals surface area contributed by atoms with Gasteiger partial charge in [0.2, 0.25) is 0 Å². The molecule has 0 aromatic heterocycles. The van der Waals surface area contributed by atoms with E-state index in [2.05, 4.69) is 5.32 Å². The normalized spacial score (nSPS) is 10.6. The fourth-order valence-corrected chi connectivity index (χ4v) is 2.52. The molecule has 3 aromatic carbocycles. The monoisotopic (exact) mass is 325 g/mol. The molecule has 0 aliphatic carbocycles. The smallest absolute Gasteiger partial charge is 0.256 e. The summed E-state index contributed by atoms with van der Waals surface area (Å²) in [5.41, 5.74) is 0.857. The molecule has 0 saturated heterocycles. The Bertz CT molecular complexity index is 879. The van der Waals surface area contributed by atoms with E-state index in [1.807, 2.05) is 24.3 Å². The Morgan fingerprint density at radius 2 is 1.83 bits per heavy atom. The summed E-state index contributed by atoms with van der Waals surface area (Å²) in [6, 6.07) is 16.4. The quantitative estimate of drug-likeness (QED) is 0.753. The van der Waals surface area contributed by atoms with E-state index in [9.17, 15) is 9.18 Å². The summed E-state index contributed by atoms with van der Waals surface area (Å²) >= 11 is 0. The molecule has 0 aliphatic heterocycles. The molecule has 0 fully saturated rings. The molecule has 4 nitrogen and oxygen atoms in total. The van der Waals surface area contributed by atoms with E-state index >= 15 is 0 Å². The highest BCUT2D eigenvalue weighted by Crippen LogP contribution is 2.29. The summed E-state index contributed by atoms with van der Waals surface area (Å²) in [7, 11) is 0. The second-order valence-electron chi connectivity index (χ2n) is 5.19. The van der Waals surface area contributed by atoms with E-state index in [0.717, 1.165) is 10.8 Å². The molecule has 2 N–H and O–H groups in total. The third kappa shape index (κ3) is 3.36. The molecule has 0 saturated carbocycles. The predicted molar refractivity (Wildman–Crippen MR) is 90.9 cm³/mol. The van der Waals surface area contributed by atoms with Crippen molar-refractivity contribution in [2.75, 3.05) is 18.5 Å². The van der Waals surface area contributed by atoms with Crippen LogP contribution in [0.1, 0.15) is 10.4 Å². The third-order valence-corrected chi connectivity index (χ3v) is 3.56. The zero-order valence-electron chi connectivity index (χ0n) is 12.8. The number of aliphatic hydroxyl groups excluding tert-OH is 1. The van der Waals surface area contributed by atoms with Gasteiger partial charge in [0.05, 0.1) is 6.61 Å². The summed E-state index contributed by atoms with van der Waals surface area (Å²) in [6.07, 6.45) is 0. The van der Waals surface area contributed by atoms with Gasteiger partial charge >= 0.3 is 0 Å². The van der Waals surface area contributed by atoms with Crippen molar-refractivity contribution in [2.45, 2.75) is 0 Å². The number of carbonyl (C=O) groups is 1. The second kappa shape index (κ2) is 7.10. The first-order chi connectivity index (χ1) is 11.7. The van der Waals surface area contributed by atoms with Gasteiger partial charge in [0.25, 0.3) is 5.91 Å². The number of nitrogens with one attached hydrogen (secondary N) is 1. The summed E-state index contributed by atoms with van der Waals surface area (Å²) in [5.74, 6) is -0.141. The van der Waals surface area contributed by atoms with Gasteiger partial charge < -0.3 is 15.2 Å². The van der Waals surface area contributed by atoms with Crippen LogP contribution in [-0.2, 0) is 0 Å². The van der Waals surface area contributed by atoms with Gasteiger partial charge in [0, 0.05) is 16.6 Å². The molecular formula is C19H16FNO3. The number of fused-ring (bicyclic) bond motifs is 1. The highest BCUT2D eigenvalue weighted by Gasteiger charge is 2.13. The molecule has 0 radical (unpaired) electrons. The maximum absolute atomic E-state index is 13.3. The van der Waals surface area contributed by atoms with Crippen LogP contribution in [0.15, 0.2) is 60.7 Å². The van der Waals surface area contributed by atoms with E-state index in [1.165, 1.54) is 18.2 Å². The largest absolute Gasteiger partial charge is 0.491 e. The molecule has 0 aliphatic rings. The summed E-state index contributed by atoms with van der Waals surface area (Å²) < 4.78 is 18.8. The van der Waals surface area contributed by atoms with E-state index < -0.39 is 5.82 Å². The van der Waals surface area contributed by atoms with Crippen LogP contribution >= 0.6 is 0 Å². The van der Waals surface area contributed by atoms with E-state index in [-0.39, 0.29) is 19.1 Å². The lowest BCUT2D eigenvalue weighted by Gasteiger charge is -2.12. The molecule has 24 heavy (non-hydrogen) atoms. The van der Waals surface area contributed by atoms with Gasteiger partial charge in [-0.25, -0.2) is 4.39 Å². The lowest BCUT2D eigenvalue weighted by Crippen LogP contribution is -2.13. The molecular weight excluding hydrogens is 309 g/mol. The number of halogens is 1. The Morgan fingerprint density at radius 1 is 1.04 bits per heavy atom. The number of benzene rings is 3. The van der Waals surface area contributed by atoms with Gasteiger partial charge in [0.1, 0.15) is 18.2 Å². The number of ether oxygens (including phenoxy) is 1. The van der Waals surface area contributed by atoms with E-state index in [0.29, 0.717) is 17.0 Å². The SMILES string of the molecule is O=C(Nc1cccc(F)c1)c1ccc(OCCO)c2ccccc12. The molecule has 1 amide bonds. The van der Waals surface area contributed by atoms with Gasteiger partial charge in [0.15, 0.2) is 0 Å². The van der Waals surface area contributed by atoms with Crippen LogP contribution in [0, 0.1) is 5.82 Å². The highest BCUT2D eigenvalue weighted by atomic mass is 19.1. The first-order valence-corrected chi connectivity index (χ1v) is 7.51. The van der Waals surface area contributed by atoms with Crippen LogP contribution in [0.5, 0.6) is 5.75 Å². The van der Waals surface area contributed by atoms with Crippen LogP contribution in [0.4, 0.5) is 10.1 Å². The van der Waals surface area contributed by atoms with Crippen molar-refractivity contribution in [1.82, 2.24) is 0 Å².